The Morgan fingerprint density at radius 1 is 1.00 bits per heavy atom. The van der Waals surface area contributed by atoms with Gasteiger partial charge in [-0.25, -0.2) is 0 Å². The van der Waals surface area contributed by atoms with Crippen molar-refractivity contribution >= 4 is 5.91 Å². The van der Waals surface area contributed by atoms with Crippen LogP contribution in [0.15, 0.2) is 54.7 Å². The van der Waals surface area contributed by atoms with Crippen molar-refractivity contribution in [3.8, 4) is 23.0 Å². The van der Waals surface area contributed by atoms with E-state index in [4.69, 9.17) is 18.9 Å². The maximum absolute atomic E-state index is 13.0. The summed E-state index contributed by atoms with van der Waals surface area (Å²) in [4.78, 5) is 19.6. The highest BCUT2D eigenvalue weighted by Gasteiger charge is 2.33. The number of carbonyl (C=O) groups is 1. The number of benzene rings is 2. The molecule has 1 unspecified atom stereocenters. The van der Waals surface area contributed by atoms with Gasteiger partial charge in [-0.3, -0.25) is 14.7 Å². The van der Waals surface area contributed by atoms with Crippen LogP contribution < -0.4 is 24.3 Å². The zero-order valence-corrected chi connectivity index (χ0v) is 22.0. The van der Waals surface area contributed by atoms with Gasteiger partial charge < -0.3 is 24.3 Å². The molecule has 0 spiro atoms. The quantitative estimate of drug-likeness (QED) is 0.422. The molecule has 3 aromatic rings. The Morgan fingerprint density at radius 3 is 2.46 bits per heavy atom. The highest BCUT2D eigenvalue weighted by atomic mass is 16.5. The molecule has 0 saturated carbocycles. The summed E-state index contributed by atoms with van der Waals surface area (Å²) in [5, 5.41) is 3.01. The molecule has 8 nitrogen and oxygen atoms in total. The smallest absolute Gasteiger partial charge is 0.234 e. The second-order valence-electron chi connectivity index (χ2n) is 8.82. The Kier molecular flexibility index (Phi) is 8.85. The van der Waals surface area contributed by atoms with Crippen LogP contribution in [-0.2, 0) is 24.2 Å². The van der Waals surface area contributed by atoms with Gasteiger partial charge in [-0.2, -0.15) is 0 Å². The van der Waals surface area contributed by atoms with E-state index < -0.39 is 0 Å². The first kappa shape index (κ1) is 26.3. The number of fused-ring (bicyclic) bond motifs is 1. The fraction of sp³-hybridized carbons (Fsp3) is 0.379. The summed E-state index contributed by atoms with van der Waals surface area (Å²) in [5.41, 5.74) is 4.09. The molecular formula is C29H35N3O5. The lowest BCUT2D eigenvalue weighted by atomic mass is 9.87. The minimum Gasteiger partial charge on any atom is -0.496 e. The summed E-state index contributed by atoms with van der Waals surface area (Å²) in [6.07, 6.45) is 3.15. The molecule has 0 radical (unpaired) electrons. The van der Waals surface area contributed by atoms with Crippen LogP contribution in [0.25, 0.3) is 0 Å². The normalized spacial score (nSPS) is 15.0. The van der Waals surface area contributed by atoms with Crippen molar-refractivity contribution in [2.75, 3.05) is 41.0 Å². The number of hydrogen-bond acceptors (Lipinski definition) is 7. The van der Waals surface area contributed by atoms with E-state index in [-0.39, 0.29) is 18.5 Å². The Balaban J connectivity index is 1.65. The fourth-order valence-electron chi connectivity index (χ4n) is 4.90. The molecule has 4 rings (SSSR count). The van der Waals surface area contributed by atoms with E-state index in [1.807, 2.05) is 55.5 Å². The average Bonchev–Trinajstić information content (AvgIpc) is 2.93. The van der Waals surface area contributed by atoms with Crippen LogP contribution in [0.4, 0.5) is 0 Å². The van der Waals surface area contributed by atoms with Gasteiger partial charge in [-0.05, 0) is 61.7 Å². The third-order valence-corrected chi connectivity index (χ3v) is 6.63. The average molecular weight is 506 g/mol. The molecule has 37 heavy (non-hydrogen) atoms. The SMILES string of the molecule is CCOc1ccc(OC)c2c1C(Cc1ccc(OC)c(OC)c1)N(CC(=O)NCc1ccccn1)CC2. The van der Waals surface area contributed by atoms with E-state index >= 15 is 0 Å². The topological polar surface area (TPSA) is 82.2 Å². The summed E-state index contributed by atoms with van der Waals surface area (Å²) >= 11 is 0. The monoisotopic (exact) mass is 505 g/mol. The van der Waals surface area contributed by atoms with E-state index in [0.29, 0.717) is 37.6 Å². The summed E-state index contributed by atoms with van der Waals surface area (Å²) in [6, 6.07) is 15.5. The van der Waals surface area contributed by atoms with Crippen LogP contribution in [0.2, 0.25) is 0 Å². The minimum atomic E-state index is -0.0981. The van der Waals surface area contributed by atoms with Crippen molar-refractivity contribution in [3.05, 3.63) is 77.1 Å². The molecular weight excluding hydrogens is 470 g/mol. The molecule has 1 aliphatic rings. The Morgan fingerprint density at radius 2 is 1.76 bits per heavy atom. The molecule has 0 saturated heterocycles. The van der Waals surface area contributed by atoms with Crippen LogP contribution in [0.5, 0.6) is 23.0 Å². The van der Waals surface area contributed by atoms with Crippen molar-refractivity contribution in [1.29, 1.82) is 0 Å². The first-order valence-electron chi connectivity index (χ1n) is 12.5. The maximum Gasteiger partial charge on any atom is 0.234 e. The molecule has 1 atom stereocenters. The number of ether oxygens (including phenoxy) is 4. The molecule has 0 aliphatic carbocycles. The number of hydrogen-bond donors (Lipinski definition) is 1. The molecule has 1 amide bonds. The number of rotatable bonds is 11. The number of amides is 1. The van der Waals surface area contributed by atoms with Crippen LogP contribution >= 0.6 is 0 Å². The van der Waals surface area contributed by atoms with Gasteiger partial charge in [0, 0.05) is 29.9 Å². The lowest BCUT2D eigenvalue weighted by molar-refractivity contribution is -0.123. The Labute approximate surface area is 218 Å². The van der Waals surface area contributed by atoms with Crippen LogP contribution in [-0.4, -0.2) is 56.8 Å². The number of nitrogens with zero attached hydrogens (tertiary/aromatic N) is 2. The molecule has 1 aliphatic heterocycles. The van der Waals surface area contributed by atoms with Crippen molar-refractivity contribution in [2.24, 2.45) is 0 Å². The van der Waals surface area contributed by atoms with Crippen molar-refractivity contribution in [2.45, 2.75) is 32.4 Å². The van der Waals surface area contributed by atoms with Gasteiger partial charge in [-0.15, -0.1) is 0 Å². The minimum absolute atomic E-state index is 0.0488. The molecule has 0 bridgehead atoms. The molecule has 8 heteroatoms. The second kappa shape index (κ2) is 12.5. The summed E-state index contributed by atoms with van der Waals surface area (Å²) < 4.78 is 22.8. The highest BCUT2D eigenvalue weighted by molar-refractivity contribution is 5.78. The van der Waals surface area contributed by atoms with E-state index in [1.54, 1.807) is 27.5 Å². The molecule has 196 valence electrons. The van der Waals surface area contributed by atoms with Gasteiger partial charge in [0.1, 0.15) is 11.5 Å². The predicted molar refractivity (Wildman–Crippen MR) is 142 cm³/mol. The summed E-state index contributed by atoms with van der Waals surface area (Å²) in [5.74, 6) is 2.97. The largest absolute Gasteiger partial charge is 0.496 e. The first-order valence-corrected chi connectivity index (χ1v) is 12.5. The van der Waals surface area contributed by atoms with Crippen LogP contribution in [0, 0.1) is 0 Å². The predicted octanol–water partition coefficient (Wildman–Crippen LogP) is 3.96. The number of nitrogens with one attached hydrogen (secondary N) is 1. The molecule has 2 heterocycles. The van der Waals surface area contributed by atoms with Crippen molar-refractivity contribution in [3.63, 3.8) is 0 Å². The molecule has 2 aromatic carbocycles. The Bertz CT molecular complexity index is 1200. The summed E-state index contributed by atoms with van der Waals surface area (Å²) in [6.45, 7) is 3.89. The number of methoxy groups -OCH3 is 3. The lowest BCUT2D eigenvalue weighted by Gasteiger charge is -2.38. The van der Waals surface area contributed by atoms with Crippen LogP contribution in [0.3, 0.4) is 0 Å². The number of carbonyl (C=O) groups excluding carboxylic acids is 1. The third kappa shape index (κ3) is 6.14. The second-order valence-corrected chi connectivity index (χ2v) is 8.82. The fourth-order valence-corrected chi connectivity index (χ4v) is 4.90. The van der Waals surface area contributed by atoms with Gasteiger partial charge in [0.15, 0.2) is 11.5 Å². The number of pyridine rings is 1. The van der Waals surface area contributed by atoms with Gasteiger partial charge in [-0.1, -0.05) is 12.1 Å². The van der Waals surface area contributed by atoms with E-state index in [1.165, 1.54) is 0 Å². The van der Waals surface area contributed by atoms with Crippen LogP contribution in [0.1, 0.15) is 35.3 Å². The van der Waals surface area contributed by atoms with Crippen molar-refractivity contribution in [1.82, 2.24) is 15.2 Å². The van der Waals surface area contributed by atoms with Gasteiger partial charge in [0.05, 0.1) is 46.7 Å². The molecule has 1 N–H and O–H groups in total. The lowest BCUT2D eigenvalue weighted by Crippen LogP contribution is -2.43. The highest BCUT2D eigenvalue weighted by Crippen LogP contribution is 2.43. The standard InChI is InChI=1S/C29H35N3O5/c1-5-37-26-12-11-24(34-2)22-13-15-32(19-28(33)31-18-21-8-6-7-14-30-21)23(29(22)26)16-20-9-10-25(35-3)27(17-20)36-4/h6-12,14,17,23H,5,13,15-16,18-19H2,1-4H3,(H,31,33). The zero-order chi connectivity index (χ0) is 26.2. The Hall–Kier alpha value is -3.78. The maximum atomic E-state index is 13.0. The van der Waals surface area contributed by atoms with E-state index in [0.717, 1.165) is 40.3 Å². The third-order valence-electron chi connectivity index (χ3n) is 6.63. The van der Waals surface area contributed by atoms with E-state index in [9.17, 15) is 4.79 Å². The van der Waals surface area contributed by atoms with Gasteiger partial charge in [0.2, 0.25) is 5.91 Å². The first-order chi connectivity index (χ1) is 18.1. The van der Waals surface area contributed by atoms with Gasteiger partial charge in [0.25, 0.3) is 0 Å². The summed E-state index contributed by atoms with van der Waals surface area (Å²) in [7, 11) is 4.95. The molecule has 1 aromatic heterocycles. The number of aromatic nitrogens is 1. The van der Waals surface area contributed by atoms with E-state index in [2.05, 4.69) is 15.2 Å². The van der Waals surface area contributed by atoms with Crippen molar-refractivity contribution < 1.29 is 23.7 Å². The van der Waals surface area contributed by atoms with Gasteiger partial charge >= 0.3 is 0 Å². The zero-order valence-electron chi connectivity index (χ0n) is 22.0. The molecule has 0 fully saturated rings.